The van der Waals surface area contributed by atoms with Gasteiger partial charge in [0.25, 0.3) is 5.56 Å². The molecule has 19 heavy (non-hydrogen) atoms. The first-order valence-electron chi connectivity index (χ1n) is 6.19. The van der Waals surface area contributed by atoms with Crippen LogP contribution in [0.15, 0.2) is 41.2 Å². The van der Waals surface area contributed by atoms with E-state index in [1.165, 1.54) is 4.68 Å². The number of rotatable bonds is 3. The van der Waals surface area contributed by atoms with Gasteiger partial charge in [0.05, 0.1) is 17.8 Å². The second-order valence-electron chi connectivity index (χ2n) is 4.98. The van der Waals surface area contributed by atoms with Crippen LogP contribution in [0.25, 0.3) is 0 Å². The summed E-state index contributed by atoms with van der Waals surface area (Å²) in [6, 6.07) is 11.3. The Hall–Kier alpha value is -1.65. The van der Waals surface area contributed by atoms with Gasteiger partial charge in [-0.15, -0.1) is 0 Å². The average molecular weight is 276 g/mol. The molecule has 1 aromatic carbocycles. The summed E-state index contributed by atoms with van der Waals surface area (Å²) < 4.78 is 1.39. The zero-order valence-electron chi connectivity index (χ0n) is 10.3. The first-order valence-corrected chi connectivity index (χ1v) is 6.57. The van der Waals surface area contributed by atoms with Crippen molar-refractivity contribution in [2.24, 2.45) is 5.73 Å². The van der Waals surface area contributed by atoms with Crippen molar-refractivity contribution in [3.05, 3.63) is 63.0 Å². The molecule has 1 fully saturated rings. The number of nitrogens with two attached hydrogens (primary N) is 1. The van der Waals surface area contributed by atoms with E-state index in [1.807, 2.05) is 30.3 Å². The summed E-state index contributed by atoms with van der Waals surface area (Å²) in [5.74, 6) is 0. The van der Waals surface area contributed by atoms with Crippen LogP contribution in [-0.4, -0.2) is 9.78 Å². The van der Waals surface area contributed by atoms with Gasteiger partial charge in [-0.05, 0) is 24.5 Å². The molecule has 0 atom stereocenters. The third kappa shape index (κ3) is 2.41. The van der Waals surface area contributed by atoms with Gasteiger partial charge in [-0.3, -0.25) is 4.79 Å². The number of aromatic nitrogens is 2. The largest absolute Gasteiger partial charge is 0.320 e. The third-order valence-corrected chi connectivity index (χ3v) is 3.68. The van der Waals surface area contributed by atoms with Crippen LogP contribution in [0.2, 0.25) is 5.02 Å². The summed E-state index contributed by atoms with van der Waals surface area (Å²) in [5.41, 5.74) is 7.15. The van der Waals surface area contributed by atoms with Crippen LogP contribution in [0.5, 0.6) is 0 Å². The summed E-state index contributed by atoms with van der Waals surface area (Å²) in [7, 11) is 0. The Kier molecular flexibility index (Phi) is 2.92. The molecule has 0 spiro atoms. The van der Waals surface area contributed by atoms with Crippen molar-refractivity contribution in [3.63, 3.8) is 0 Å². The fraction of sp³-hybridized carbons (Fsp3) is 0.286. The summed E-state index contributed by atoms with van der Waals surface area (Å²) in [4.78, 5) is 12.0. The third-order valence-electron chi connectivity index (χ3n) is 3.40. The number of hydrogen-bond acceptors (Lipinski definition) is 3. The second kappa shape index (κ2) is 4.47. The van der Waals surface area contributed by atoms with Crippen molar-refractivity contribution in [1.29, 1.82) is 0 Å². The molecule has 98 valence electrons. The SMILES string of the molecule is NC1(c2cc(Cl)c(=O)n(Cc3ccccc3)n2)CC1. The van der Waals surface area contributed by atoms with E-state index in [0.717, 1.165) is 18.4 Å². The molecule has 0 saturated heterocycles. The standard InChI is InChI=1S/C14H14ClN3O/c15-11-8-12(14(16)6-7-14)17-18(13(11)19)9-10-4-2-1-3-5-10/h1-5,8H,6-7,9,16H2. The highest BCUT2D eigenvalue weighted by molar-refractivity contribution is 6.30. The van der Waals surface area contributed by atoms with Crippen LogP contribution < -0.4 is 11.3 Å². The highest BCUT2D eigenvalue weighted by Crippen LogP contribution is 2.41. The van der Waals surface area contributed by atoms with Crippen LogP contribution in [-0.2, 0) is 12.1 Å². The first kappa shape index (κ1) is 12.4. The zero-order chi connectivity index (χ0) is 13.5. The quantitative estimate of drug-likeness (QED) is 0.931. The van der Waals surface area contributed by atoms with E-state index in [9.17, 15) is 4.79 Å². The average Bonchev–Trinajstić information content (AvgIpc) is 3.15. The van der Waals surface area contributed by atoms with Crippen molar-refractivity contribution >= 4 is 11.6 Å². The molecule has 0 aliphatic heterocycles. The van der Waals surface area contributed by atoms with E-state index >= 15 is 0 Å². The Balaban J connectivity index is 2.01. The van der Waals surface area contributed by atoms with Crippen molar-refractivity contribution in [3.8, 4) is 0 Å². The Morgan fingerprint density at radius 2 is 2.00 bits per heavy atom. The molecule has 3 rings (SSSR count). The molecule has 1 aliphatic rings. The molecule has 0 bridgehead atoms. The van der Waals surface area contributed by atoms with Crippen LogP contribution >= 0.6 is 11.6 Å². The lowest BCUT2D eigenvalue weighted by Gasteiger charge is -2.12. The molecule has 1 aliphatic carbocycles. The number of halogens is 1. The lowest BCUT2D eigenvalue weighted by molar-refractivity contribution is 0.580. The van der Waals surface area contributed by atoms with Crippen molar-refractivity contribution in [2.75, 3.05) is 0 Å². The van der Waals surface area contributed by atoms with Gasteiger partial charge in [0.1, 0.15) is 5.02 Å². The smallest absolute Gasteiger partial charge is 0.285 e. The molecule has 2 aromatic rings. The molecule has 5 heteroatoms. The molecule has 1 saturated carbocycles. The van der Waals surface area contributed by atoms with Crippen LogP contribution in [0.3, 0.4) is 0 Å². The predicted molar refractivity (Wildman–Crippen MR) is 74.2 cm³/mol. The Morgan fingerprint density at radius 3 is 2.63 bits per heavy atom. The minimum atomic E-state index is -0.393. The van der Waals surface area contributed by atoms with E-state index in [4.69, 9.17) is 17.3 Å². The highest BCUT2D eigenvalue weighted by Gasteiger charge is 2.42. The topological polar surface area (TPSA) is 60.9 Å². The molecular formula is C14H14ClN3O. The molecule has 1 aromatic heterocycles. The minimum Gasteiger partial charge on any atom is -0.320 e. The summed E-state index contributed by atoms with van der Waals surface area (Å²) >= 11 is 5.99. The maximum atomic E-state index is 12.0. The molecule has 4 nitrogen and oxygen atoms in total. The summed E-state index contributed by atoms with van der Waals surface area (Å²) in [6.45, 7) is 0.406. The van der Waals surface area contributed by atoms with Gasteiger partial charge in [-0.25, -0.2) is 4.68 Å². The Morgan fingerprint density at radius 1 is 1.32 bits per heavy atom. The van der Waals surface area contributed by atoms with E-state index in [0.29, 0.717) is 12.2 Å². The molecule has 0 unspecified atom stereocenters. The van der Waals surface area contributed by atoms with E-state index in [1.54, 1.807) is 6.07 Å². The van der Waals surface area contributed by atoms with Gasteiger partial charge in [-0.2, -0.15) is 5.10 Å². The number of nitrogens with zero attached hydrogens (tertiary/aromatic N) is 2. The maximum absolute atomic E-state index is 12.0. The van der Waals surface area contributed by atoms with Crippen LogP contribution in [0.4, 0.5) is 0 Å². The van der Waals surface area contributed by atoms with Gasteiger partial charge in [-0.1, -0.05) is 41.9 Å². The van der Waals surface area contributed by atoms with Gasteiger partial charge >= 0.3 is 0 Å². The fourth-order valence-electron chi connectivity index (χ4n) is 2.01. The van der Waals surface area contributed by atoms with Gasteiger partial charge in [0.15, 0.2) is 0 Å². The Bertz CT molecular complexity index is 662. The normalized spacial score (nSPS) is 16.3. The van der Waals surface area contributed by atoms with Crippen molar-refractivity contribution in [2.45, 2.75) is 24.9 Å². The van der Waals surface area contributed by atoms with Gasteiger partial charge in [0.2, 0.25) is 0 Å². The first-order chi connectivity index (χ1) is 9.08. The van der Waals surface area contributed by atoms with Gasteiger partial charge in [0, 0.05) is 0 Å². The lowest BCUT2D eigenvalue weighted by Crippen LogP contribution is -2.30. The van der Waals surface area contributed by atoms with Crippen molar-refractivity contribution in [1.82, 2.24) is 9.78 Å². The van der Waals surface area contributed by atoms with Gasteiger partial charge < -0.3 is 5.73 Å². The monoisotopic (exact) mass is 275 g/mol. The molecule has 2 N–H and O–H groups in total. The zero-order valence-corrected chi connectivity index (χ0v) is 11.1. The molecule has 0 amide bonds. The molecular weight excluding hydrogens is 262 g/mol. The van der Waals surface area contributed by atoms with E-state index < -0.39 is 5.54 Å². The highest BCUT2D eigenvalue weighted by atomic mass is 35.5. The van der Waals surface area contributed by atoms with E-state index in [2.05, 4.69) is 5.10 Å². The predicted octanol–water partition coefficient (Wildman–Crippen LogP) is 1.89. The lowest BCUT2D eigenvalue weighted by atomic mass is 10.2. The summed E-state index contributed by atoms with van der Waals surface area (Å²) in [5, 5.41) is 4.54. The number of hydrogen-bond donors (Lipinski definition) is 1. The van der Waals surface area contributed by atoms with Crippen LogP contribution in [0.1, 0.15) is 24.1 Å². The van der Waals surface area contributed by atoms with Crippen LogP contribution in [0, 0.1) is 0 Å². The maximum Gasteiger partial charge on any atom is 0.285 e. The fourth-order valence-corrected chi connectivity index (χ4v) is 2.21. The minimum absolute atomic E-state index is 0.178. The van der Waals surface area contributed by atoms with E-state index in [-0.39, 0.29) is 10.6 Å². The molecule has 1 heterocycles. The Labute approximate surface area is 115 Å². The molecule has 0 radical (unpaired) electrons. The summed E-state index contributed by atoms with van der Waals surface area (Å²) in [6.07, 6.45) is 1.78. The second-order valence-corrected chi connectivity index (χ2v) is 5.39. The number of benzene rings is 1. The van der Waals surface area contributed by atoms with Crippen molar-refractivity contribution < 1.29 is 0 Å².